The van der Waals surface area contributed by atoms with Crippen LogP contribution in [0.1, 0.15) is 38.5 Å². The third kappa shape index (κ3) is 2.92. The summed E-state index contributed by atoms with van der Waals surface area (Å²) in [4.78, 5) is 0. The number of hydrogen-bond acceptors (Lipinski definition) is 3. The maximum absolute atomic E-state index is 9.33. The Morgan fingerprint density at radius 2 is 1.93 bits per heavy atom. The summed E-state index contributed by atoms with van der Waals surface area (Å²) in [5.74, 6) is 1.28. The van der Waals surface area contributed by atoms with Crippen LogP contribution in [0.5, 0.6) is 0 Å². The van der Waals surface area contributed by atoms with Gasteiger partial charge in [0.15, 0.2) is 0 Å². The van der Waals surface area contributed by atoms with E-state index < -0.39 is 0 Å². The third-order valence-corrected chi connectivity index (χ3v) is 4.02. The topological polar surface area (TPSA) is 58.3 Å². The molecule has 2 fully saturated rings. The third-order valence-electron chi connectivity index (χ3n) is 4.02. The van der Waals surface area contributed by atoms with Crippen molar-refractivity contribution in [2.75, 3.05) is 13.2 Å². The highest BCUT2D eigenvalue weighted by Crippen LogP contribution is 2.34. The first-order chi connectivity index (χ1) is 7.35. The van der Waals surface area contributed by atoms with Crippen LogP contribution in [0.4, 0.5) is 0 Å². The van der Waals surface area contributed by atoms with Gasteiger partial charge in [0, 0.05) is 25.2 Å². The maximum Gasteiger partial charge on any atom is 0.0474 e. The van der Waals surface area contributed by atoms with Gasteiger partial charge in [0.2, 0.25) is 0 Å². The van der Waals surface area contributed by atoms with Gasteiger partial charge in [-0.2, -0.15) is 0 Å². The Labute approximate surface area is 92.4 Å². The van der Waals surface area contributed by atoms with Crippen LogP contribution in [0, 0.1) is 11.8 Å². The molecule has 3 unspecified atom stereocenters. The average molecular weight is 212 g/mol. The summed E-state index contributed by atoms with van der Waals surface area (Å²) in [5, 5.41) is 13.0. The second-order valence-corrected chi connectivity index (χ2v) is 5.18. The van der Waals surface area contributed by atoms with Crippen LogP contribution in [-0.2, 0) is 0 Å². The Balaban J connectivity index is 1.84. The largest absolute Gasteiger partial charge is 0.396 e. The van der Waals surface area contributed by atoms with Gasteiger partial charge in [-0.1, -0.05) is 12.8 Å². The Bertz CT molecular complexity index is 194. The molecule has 4 N–H and O–H groups in total. The average Bonchev–Trinajstić information content (AvgIpc) is 3.10. The summed E-state index contributed by atoms with van der Waals surface area (Å²) in [6, 6.07) is 1.01. The van der Waals surface area contributed by atoms with Crippen LogP contribution >= 0.6 is 0 Å². The minimum Gasteiger partial charge on any atom is -0.396 e. The molecule has 0 spiro atoms. The maximum atomic E-state index is 9.33. The number of nitrogens with one attached hydrogen (secondary N) is 1. The lowest BCUT2D eigenvalue weighted by atomic mass is 9.84. The number of rotatable bonds is 5. The van der Waals surface area contributed by atoms with E-state index in [9.17, 15) is 5.11 Å². The van der Waals surface area contributed by atoms with Crippen molar-refractivity contribution in [3.63, 3.8) is 0 Å². The zero-order valence-electron chi connectivity index (χ0n) is 9.49. The highest BCUT2D eigenvalue weighted by molar-refractivity contribution is 4.91. The van der Waals surface area contributed by atoms with E-state index in [1.807, 2.05) is 0 Å². The van der Waals surface area contributed by atoms with Crippen molar-refractivity contribution < 1.29 is 5.11 Å². The zero-order valence-corrected chi connectivity index (χ0v) is 9.49. The van der Waals surface area contributed by atoms with Gasteiger partial charge in [-0.05, 0) is 37.5 Å². The lowest BCUT2D eigenvalue weighted by Gasteiger charge is -2.34. The van der Waals surface area contributed by atoms with Crippen molar-refractivity contribution in [2.24, 2.45) is 17.6 Å². The van der Waals surface area contributed by atoms with E-state index in [1.54, 1.807) is 0 Å². The molecule has 3 atom stereocenters. The molecule has 2 rings (SSSR count). The fourth-order valence-electron chi connectivity index (χ4n) is 2.82. The summed E-state index contributed by atoms with van der Waals surface area (Å²) in [7, 11) is 0. The molecular weight excluding hydrogens is 188 g/mol. The first-order valence-corrected chi connectivity index (χ1v) is 6.42. The molecule has 0 aromatic carbocycles. The SMILES string of the molecule is NCC(NC1CCCCC1CO)C1CC1. The van der Waals surface area contributed by atoms with Gasteiger partial charge in [-0.25, -0.2) is 0 Å². The van der Waals surface area contributed by atoms with Crippen LogP contribution in [0.3, 0.4) is 0 Å². The molecule has 0 aromatic rings. The second-order valence-electron chi connectivity index (χ2n) is 5.18. The van der Waals surface area contributed by atoms with E-state index in [0.717, 1.165) is 12.5 Å². The molecule has 0 amide bonds. The lowest BCUT2D eigenvalue weighted by Crippen LogP contribution is -2.49. The van der Waals surface area contributed by atoms with E-state index >= 15 is 0 Å². The number of nitrogens with two attached hydrogens (primary N) is 1. The first-order valence-electron chi connectivity index (χ1n) is 6.42. The molecule has 0 aliphatic heterocycles. The first kappa shape index (κ1) is 11.4. The molecule has 2 aliphatic carbocycles. The van der Waals surface area contributed by atoms with Gasteiger partial charge in [0.1, 0.15) is 0 Å². The van der Waals surface area contributed by atoms with Gasteiger partial charge in [0.25, 0.3) is 0 Å². The number of aliphatic hydroxyl groups is 1. The second kappa shape index (κ2) is 5.28. The molecule has 3 heteroatoms. The quantitative estimate of drug-likeness (QED) is 0.633. The van der Waals surface area contributed by atoms with E-state index in [2.05, 4.69) is 5.32 Å². The predicted molar refractivity (Wildman–Crippen MR) is 61.5 cm³/mol. The smallest absolute Gasteiger partial charge is 0.0474 e. The fourth-order valence-corrected chi connectivity index (χ4v) is 2.82. The molecule has 2 saturated carbocycles. The highest BCUT2D eigenvalue weighted by Gasteiger charge is 2.33. The van der Waals surface area contributed by atoms with Crippen LogP contribution < -0.4 is 11.1 Å². The monoisotopic (exact) mass is 212 g/mol. The minimum atomic E-state index is 0.333. The van der Waals surface area contributed by atoms with Gasteiger partial charge < -0.3 is 16.2 Å². The normalized spacial score (nSPS) is 34.0. The predicted octanol–water partition coefficient (Wildman–Crippen LogP) is 0.864. The number of hydrogen-bond donors (Lipinski definition) is 3. The van der Waals surface area contributed by atoms with Gasteiger partial charge >= 0.3 is 0 Å². The summed E-state index contributed by atoms with van der Waals surface area (Å²) in [5.41, 5.74) is 5.79. The van der Waals surface area contributed by atoms with Crippen LogP contribution in [-0.4, -0.2) is 30.3 Å². The van der Waals surface area contributed by atoms with E-state index in [1.165, 1.54) is 38.5 Å². The number of aliphatic hydroxyl groups excluding tert-OH is 1. The summed E-state index contributed by atoms with van der Waals surface area (Å²) >= 11 is 0. The van der Waals surface area contributed by atoms with Gasteiger partial charge in [-0.3, -0.25) is 0 Å². The van der Waals surface area contributed by atoms with Crippen molar-refractivity contribution in [2.45, 2.75) is 50.6 Å². The van der Waals surface area contributed by atoms with Crippen LogP contribution in [0.15, 0.2) is 0 Å². The van der Waals surface area contributed by atoms with Gasteiger partial charge in [-0.15, -0.1) is 0 Å². The Hall–Kier alpha value is -0.120. The Morgan fingerprint density at radius 3 is 2.53 bits per heavy atom. The van der Waals surface area contributed by atoms with E-state index in [4.69, 9.17) is 5.73 Å². The van der Waals surface area contributed by atoms with Crippen LogP contribution in [0.2, 0.25) is 0 Å². The minimum absolute atomic E-state index is 0.333. The summed E-state index contributed by atoms with van der Waals surface area (Å²) in [6.07, 6.45) is 7.65. The molecule has 0 aromatic heterocycles. The molecule has 0 heterocycles. The molecule has 2 aliphatic rings. The zero-order chi connectivity index (χ0) is 10.7. The van der Waals surface area contributed by atoms with Crippen molar-refractivity contribution in [1.29, 1.82) is 0 Å². The molecule has 3 nitrogen and oxygen atoms in total. The van der Waals surface area contributed by atoms with Crippen molar-refractivity contribution in [1.82, 2.24) is 5.32 Å². The van der Waals surface area contributed by atoms with Gasteiger partial charge in [0.05, 0.1) is 0 Å². The summed E-state index contributed by atoms with van der Waals surface area (Å²) < 4.78 is 0. The molecule has 15 heavy (non-hydrogen) atoms. The summed E-state index contributed by atoms with van der Waals surface area (Å²) in [6.45, 7) is 1.08. The molecule has 0 bridgehead atoms. The Kier molecular flexibility index (Phi) is 4.00. The standard InChI is InChI=1S/C12H24N2O/c13-7-12(9-5-6-9)14-11-4-2-1-3-10(11)8-15/h9-12,14-15H,1-8,13H2. The van der Waals surface area contributed by atoms with Crippen molar-refractivity contribution in [3.05, 3.63) is 0 Å². The van der Waals surface area contributed by atoms with Crippen LogP contribution in [0.25, 0.3) is 0 Å². The molecule has 88 valence electrons. The Morgan fingerprint density at radius 1 is 1.20 bits per heavy atom. The fraction of sp³-hybridized carbons (Fsp3) is 1.00. The lowest BCUT2D eigenvalue weighted by molar-refractivity contribution is 0.144. The van der Waals surface area contributed by atoms with E-state index in [0.29, 0.717) is 24.6 Å². The molecule has 0 radical (unpaired) electrons. The molecular formula is C12H24N2O. The van der Waals surface area contributed by atoms with Crippen molar-refractivity contribution in [3.8, 4) is 0 Å². The van der Waals surface area contributed by atoms with E-state index in [-0.39, 0.29) is 0 Å². The molecule has 0 saturated heterocycles. The highest BCUT2D eigenvalue weighted by atomic mass is 16.3. The van der Waals surface area contributed by atoms with Crippen molar-refractivity contribution >= 4 is 0 Å².